The van der Waals surface area contributed by atoms with Gasteiger partial charge in [-0.1, -0.05) is 20.8 Å². The Labute approximate surface area is 140 Å². The van der Waals surface area contributed by atoms with Gasteiger partial charge in [0, 0.05) is 12.1 Å². The van der Waals surface area contributed by atoms with E-state index >= 15 is 0 Å². The van der Waals surface area contributed by atoms with Crippen molar-refractivity contribution < 1.29 is 14.7 Å². The zero-order valence-corrected chi connectivity index (χ0v) is 14.5. The lowest BCUT2D eigenvalue weighted by molar-refractivity contribution is -0.139. The lowest BCUT2D eigenvalue weighted by atomic mass is 9.85. The standard InChI is InChI=1S/C15H24N4O3S/c1-4-19(7-12(20)21)11-5-10(6-11)17-15(22)18-14-13(9(2)3)23-8-16-14/h8-11H,4-7H2,1-3H3,(H,20,21)(H2,17,18,22). The maximum absolute atomic E-state index is 12.0. The highest BCUT2D eigenvalue weighted by Gasteiger charge is 2.34. The second-order valence-corrected chi connectivity index (χ2v) is 6.98. The number of nitrogens with one attached hydrogen (secondary N) is 2. The number of nitrogens with zero attached hydrogens (tertiary/aromatic N) is 2. The van der Waals surface area contributed by atoms with Gasteiger partial charge in [-0.3, -0.25) is 15.0 Å². The molecule has 0 aliphatic heterocycles. The summed E-state index contributed by atoms with van der Waals surface area (Å²) in [7, 11) is 0. The summed E-state index contributed by atoms with van der Waals surface area (Å²) in [4.78, 5) is 30.0. The molecule has 1 saturated carbocycles. The van der Waals surface area contributed by atoms with Gasteiger partial charge in [0.15, 0.2) is 0 Å². The molecule has 0 atom stereocenters. The number of rotatable bonds is 7. The Bertz CT molecular complexity index is 555. The Morgan fingerprint density at radius 1 is 1.48 bits per heavy atom. The van der Waals surface area contributed by atoms with Gasteiger partial charge < -0.3 is 10.4 Å². The van der Waals surface area contributed by atoms with Crippen LogP contribution in [0.25, 0.3) is 0 Å². The van der Waals surface area contributed by atoms with Crippen LogP contribution in [0.3, 0.4) is 0 Å². The van der Waals surface area contributed by atoms with E-state index in [4.69, 9.17) is 5.11 Å². The molecule has 0 spiro atoms. The SMILES string of the molecule is CCN(CC(=O)O)C1CC(NC(=O)Nc2ncsc2C(C)C)C1. The first-order valence-electron chi connectivity index (χ1n) is 7.87. The molecule has 0 saturated heterocycles. The fraction of sp³-hybridized carbons (Fsp3) is 0.667. The number of amides is 2. The molecule has 2 rings (SSSR count). The molecule has 0 aromatic carbocycles. The second kappa shape index (κ2) is 7.74. The predicted molar refractivity (Wildman–Crippen MR) is 90.1 cm³/mol. The number of anilines is 1. The fourth-order valence-electron chi connectivity index (χ4n) is 2.76. The first-order chi connectivity index (χ1) is 10.9. The van der Waals surface area contributed by atoms with E-state index in [0.29, 0.717) is 18.3 Å². The highest BCUT2D eigenvalue weighted by molar-refractivity contribution is 7.10. The molecule has 7 nitrogen and oxygen atoms in total. The van der Waals surface area contributed by atoms with Crippen molar-refractivity contribution in [1.29, 1.82) is 0 Å². The number of thiazole rings is 1. The van der Waals surface area contributed by atoms with E-state index < -0.39 is 5.97 Å². The molecule has 1 aromatic rings. The molecule has 128 valence electrons. The Morgan fingerprint density at radius 3 is 2.74 bits per heavy atom. The molecule has 2 amide bonds. The normalized spacial score (nSPS) is 20.4. The van der Waals surface area contributed by atoms with Crippen LogP contribution in [-0.2, 0) is 4.79 Å². The smallest absolute Gasteiger partial charge is 0.320 e. The molecule has 1 heterocycles. The number of carboxylic acid groups (broad SMARTS) is 1. The third-order valence-corrected chi connectivity index (χ3v) is 5.19. The molecular weight excluding hydrogens is 316 g/mol. The topological polar surface area (TPSA) is 94.6 Å². The average Bonchev–Trinajstić information content (AvgIpc) is 2.88. The van der Waals surface area contributed by atoms with Gasteiger partial charge in [0.05, 0.1) is 16.9 Å². The summed E-state index contributed by atoms with van der Waals surface area (Å²) in [6.45, 7) is 6.83. The maximum Gasteiger partial charge on any atom is 0.320 e. The monoisotopic (exact) mass is 340 g/mol. The van der Waals surface area contributed by atoms with Crippen LogP contribution in [0.2, 0.25) is 0 Å². The van der Waals surface area contributed by atoms with Crippen LogP contribution < -0.4 is 10.6 Å². The van der Waals surface area contributed by atoms with E-state index in [-0.39, 0.29) is 24.7 Å². The second-order valence-electron chi connectivity index (χ2n) is 6.10. The highest BCUT2D eigenvalue weighted by Crippen LogP contribution is 2.28. The summed E-state index contributed by atoms with van der Waals surface area (Å²) >= 11 is 1.54. The van der Waals surface area contributed by atoms with E-state index in [2.05, 4.69) is 29.5 Å². The maximum atomic E-state index is 12.0. The van der Waals surface area contributed by atoms with Crippen molar-refractivity contribution >= 4 is 29.2 Å². The highest BCUT2D eigenvalue weighted by atomic mass is 32.1. The van der Waals surface area contributed by atoms with Crippen molar-refractivity contribution in [3.8, 4) is 0 Å². The van der Waals surface area contributed by atoms with Crippen LogP contribution in [0.5, 0.6) is 0 Å². The molecule has 0 radical (unpaired) electrons. The zero-order chi connectivity index (χ0) is 17.0. The van der Waals surface area contributed by atoms with Crippen molar-refractivity contribution in [3.05, 3.63) is 10.4 Å². The Balaban J connectivity index is 1.78. The van der Waals surface area contributed by atoms with Gasteiger partial charge in [0.1, 0.15) is 5.82 Å². The van der Waals surface area contributed by atoms with Gasteiger partial charge >= 0.3 is 12.0 Å². The number of urea groups is 1. The number of carbonyl (C=O) groups excluding carboxylic acids is 1. The number of aromatic nitrogens is 1. The van der Waals surface area contributed by atoms with Crippen LogP contribution in [0.15, 0.2) is 5.51 Å². The summed E-state index contributed by atoms with van der Waals surface area (Å²) in [5, 5.41) is 14.6. The van der Waals surface area contributed by atoms with Crippen molar-refractivity contribution in [2.75, 3.05) is 18.4 Å². The van der Waals surface area contributed by atoms with Gasteiger partial charge in [-0.05, 0) is 25.3 Å². The minimum absolute atomic E-state index is 0.0522. The summed E-state index contributed by atoms with van der Waals surface area (Å²) in [5.74, 6) is 0.130. The molecule has 1 aliphatic rings. The Morgan fingerprint density at radius 2 is 2.17 bits per heavy atom. The number of hydrogen-bond acceptors (Lipinski definition) is 5. The molecule has 23 heavy (non-hydrogen) atoms. The molecule has 1 fully saturated rings. The molecule has 3 N–H and O–H groups in total. The predicted octanol–water partition coefficient (Wildman–Crippen LogP) is 2.33. The van der Waals surface area contributed by atoms with E-state index in [1.165, 1.54) is 11.3 Å². The number of carbonyl (C=O) groups is 2. The number of aliphatic carboxylic acids is 1. The van der Waals surface area contributed by atoms with Gasteiger partial charge in [0.25, 0.3) is 0 Å². The average molecular weight is 340 g/mol. The van der Waals surface area contributed by atoms with Gasteiger partial charge in [-0.25, -0.2) is 9.78 Å². The first-order valence-corrected chi connectivity index (χ1v) is 8.75. The van der Waals surface area contributed by atoms with Crippen molar-refractivity contribution in [3.63, 3.8) is 0 Å². The minimum Gasteiger partial charge on any atom is -0.480 e. The van der Waals surface area contributed by atoms with Crippen LogP contribution in [0.1, 0.15) is 44.4 Å². The van der Waals surface area contributed by atoms with Crippen molar-refractivity contribution in [2.45, 2.75) is 51.6 Å². The third-order valence-electron chi connectivity index (χ3n) is 4.06. The summed E-state index contributed by atoms with van der Waals surface area (Å²) in [6.07, 6.45) is 1.56. The first kappa shape index (κ1) is 17.7. The number of likely N-dealkylation sites (N-methyl/N-ethyl adjacent to an activating group) is 1. The largest absolute Gasteiger partial charge is 0.480 e. The van der Waals surface area contributed by atoms with E-state index in [9.17, 15) is 9.59 Å². The fourth-order valence-corrected chi connectivity index (χ4v) is 3.52. The lowest BCUT2D eigenvalue weighted by Crippen LogP contribution is -2.55. The quantitative estimate of drug-likeness (QED) is 0.708. The minimum atomic E-state index is -0.814. The van der Waals surface area contributed by atoms with Crippen molar-refractivity contribution in [2.24, 2.45) is 0 Å². The molecule has 0 unspecified atom stereocenters. The van der Waals surface area contributed by atoms with E-state index in [0.717, 1.165) is 17.7 Å². The van der Waals surface area contributed by atoms with E-state index in [1.807, 2.05) is 11.8 Å². The number of carboxylic acids is 1. The molecule has 1 aromatic heterocycles. The third kappa shape index (κ3) is 4.65. The Kier molecular flexibility index (Phi) is 5.95. The van der Waals surface area contributed by atoms with Gasteiger partial charge in [-0.15, -0.1) is 11.3 Å². The summed E-state index contributed by atoms with van der Waals surface area (Å²) in [6, 6.07) is 0.0680. The number of hydrogen-bond donors (Lipinski definition) is 3. The van der Waals surface area contributed by atoms with Crippen LogP contribution in [-0.4, -0.2) is 52.2 Å². The molecule has 0 bridgehead atoms. The van der Waals surface area contributed by atoms with Crippen LogP contribution in [0.4, 0.5) is 10.6 Å². The molecule has 8 heteroatoms. The van der Waals surface area contributed by atoms with Gasteiger partial charge in [-0.2, -0.15) is 0 Å². The van der Waals surface area contributed by atoms with Crippen molar-refractivity contribution in [1.82, 2.24) is 15.2 Å². The Hall–Kier alpha value is -1.67. The van der Waals surface area contributed by atoms with Crippen LogP contribution in [0, 0.1) is 0 Å². The summed E-state index contributed by atoms with van der Waals surface area (Å²) in [5.41, 5.74) is 1.73. The summed E-state index contributed by atoms with van der Waals surface area (Å²) < 4.78 is 0. The van der Waals surface area contributed by atoms with Crippen LogP contribution >= 0.6 is 11.3 Å². The molecule has 1 aliphatic carbocycles. The zero-order valence-electron chi connectivity index (χ0n) is 13.7. The van der Waals surface area contributed by atoms with Gasteiger partial charge in [0.2, 0.25) is 0 Å². The molecular formula is C15H24N4O3S. The lowest BCUT2D eigenvalue weighted by Gasteiger charge is -2.42. The van der Waals surface area contributed by atoms with E-state index in [1.54, 1.807) is 5.51 Å².